The molecule has 0 N–H and O–H groups in total. The van der Waals surface area contributed by atoms with Crippen LogP contribution in [0.4, 0.5) is 0 Å². The van der Waals surface area contributed by atoms with E-state index in [1.165, 1.54) is 102 Å². The number of hydrogen-bond acceptors (Lipinski definition) is 0. The first-order valence-electron chi connectivity index (χ1n) is 10.5. The van der Waals surface area contributed by atoms with Crippen molar-refractivity contribution >= 4 is 0 Å². The van der Waals surface area contributed by atoms with Crippen LogP contribution in [0, 0.1) is 0 Å². The predicted octanol–water partition coefficient (Wildman–Crippen LogP) is 7.65. The first kappa shape index (κ1) is 20.3. The van der Waals surface area contributed by atoms with Crippen LogP contribution in [0.25, 0.3) is 0 Å². The van der Waals surface area contributed by atoms with E-state index in [9.17, 15) is 0 Å². The van der Waals surface area contributed by atoms with Crippen molar-refractivity contribution in [2.75, 3.05) is 0 Å². The van der Waals surface area contributed by atoms with Crippen molar-refractivity contribution in [2.24, 2.45) is 0 Å². The SMILES string of the molecule is CCCCCCC1=C[N]C(CCCCCC)=C1CCCCCC. The van der Waals surface area contributed by atoms with E-state index >= 15 is 0 Å². The van der Waals surface area contributed by atoms with Crippen LogP contribution in [0.1, 0.15) is 117 Å². The van der Waals surface area contributed by atoms with Crippen LogP contribution in [-0.2, 0) is 0 Å². The summed E-state index contributed by atoms with van der Waals surface area (Å²) in [5.41, 5.74) is 4.64. The molecule has 0 atom stereocenters. The Morgan fingerprint density at radius 3 is 1.70 bits per heavy atom. The molecule has 0 saturated heterocycles. The van der Waals surface area contributed by atoms with Crippen LogP contribution in [0.5, 0.6) is 0 Å². The molecule has 0 unspecified atom stereocenters. The third kappa shape index (κ3) is 8.63. The van der Waals surface area contributed by atoms with Gasteiger partial charge in [0, 0.05) is 11.9 Å². The van der Waals surface area contributed by atoms with Gasteiger partial charge in [-0.2, -0.15) is 0 Å². The van der Waals surface area contributed by atoms with E-state index in [1.807, 2.05) is 0 Å². The summed E-state index contributed by atoms with van der Waals surface area (Å²) in [7, 11) is 0. The van der Waals surface area contributed by atoms with Gasteiger partial charge in [-0.3, -0.25) is 5.32 Å². The molecule has 1 rings (SSSR count). The lowest BCUT2D eigenvalue weighted by Crippen LogP contribution is -1.97. The molecule has 0 aromatic rings. The van der Waals surface area contributed by atoms with Crippen LogP contribution in [0.2, 0.25) is 0 Å². The van der Waals surface area contributed by atoms with Crippen molar-refractivity contribution in [3.63, 3.8) is 0 Å². The van der Waals surface area contributed by atoms with Gasteiger partial charge in [-0.15, -0.1) is 0 Å². The van der Waals surface area contributed by atoms with Crippen molar-refractivity contribution < 1.29 is 0 Å². The zero-order valence-electron chi connectivity index (χ0n) is 16.1. The number of nitrogens with zero attached hydrogens (tertiary/aromatic N) is 1. The minimum Gasteiger partial charge on any atom is -0.261 e. The lowest BCUT2D eigenvalue weighted by molar-refractivity contribution is 0.636. The van der Waals surface area contributed by atoms with Crippen molar-refractivity contribution in [3.8, 4) is 0 Å². The molecule has 0 bridgehead atoms. The first-order chi connectivity index (χ1) is 11.3. The summed E-state index contributed by atoms with van der Waals surface area (Å²) in [4.78, 5) is 0. The molecule has 0 amide bonds. The Labute approximate surface area is 146 Å². The summed E-state index contributed by atoms with van der Waals surface area (Å²) in [6, 6.07) is 0. The van der Waals surface area contributed by atoms with E-state index in [4.69, 9.17) is 5.32 Å². The van der Waals surface area contributed by atoms with E-state index in [0.29, 0.717) is 0 Å². The number of hydrogen-bond donors (Lipinski definition) is 0. The Bertz CT molecular complexity index is 351. The summed E-state index contributed by atoms with van der Waals surface area (Å²) >= 11 is 0. The molecule has 0 aliphatic carbocycles. The van der Waals surface area contributed by atoms with Gasteiger partial charge in [0.25, 0.3) is 0 Å². The summed E-state index contributed by atoms with van der Waals surface area (Å²) in [5, 5.41) is 4.81. The highest BCUT2D eigenvalue weighted by atomic mass is 14.9. The van der Waals surface area contributed by atoms with Crippen molar-refractivity contribution in [1.29, 1.82) is 0 Å². The molecule has 1 nitrogen and oxygen atoms in total. The molecule has 133 valence electrons. The maximum Gasteiger partial charge on any atom is 0.0438 e. The Morgan fingerprint density at radius 1 is 0.609 bits per heavy atom. The van der Waals surface area contributed by atoms with Crippen molar-refractivity contribution in [1.82, 2.24) is 5.32 Å². The fourth-order valence-corrected chi connectivity index (χ4v) is 3.42. The van der Waals surface area contributed by atoms with Gasteiger partial charge in [0.1, 0.15) is 0 Å². The largest absolute Gasteiger partial charge is 0.261 e. The summed E-state index contributed by atoms with van der Waals surface area (Å²) in [6.07, 6.45) is 22.2. The second-order valence-corrected chi connectivity index (χ2v) is 7.14. The van der Waals surface area contributed by atoms with Gasteiger partial charge in [0.2, 0.25) is 0 Å². The van der Waals surface area contributed by atoms with Gasteiger partial charge >= 0.3 is 0 Å². The molecular weight excluding hydrogens is 278 g/mol. The van der Waals surface area contributed by atoms with Crippen LogP contribution in [-0.4, -0.2) is 0 Å². The molecule has 1 aliphatic heterocycles. The summed E-state index contributed by atoms with van der Waals surface area (Å²) in [5.74, 6) is 0. The van der Waals surface area contributed by atoms with E-state index in [0.717, 1.165) is 0 Å². The van der Waals surface area contributed by atoms with Crippen molar-refractivity contribution in [3.05, 3.63) is 23.0 Å². The van der Waals surface area contributed by atoms with Crippen LogP contribution >= 0.6 is 0 Å². The third-order valence-electron chi connectivity index (χ3n) is 4.96. The van der Waals surface area contributed by atoms with Crippen LogP contribution in [0.15, 0.2) is 23.0 Å². The Morgan fingerprint density at radius 2 is 1.13 bits per heavy atom. The molecule has 23 heavy (non-hydrogen) atoms. The van der Waals surface area contributed by atoms with Crippen molar-refractivity contribution in [2.45, 2.75) is 117 Å². The molecule has 1 heteroatoms. The summed E-state index contributed by atoms with van der Waals surface area (Å²) in [6.45, 7) is 6.87. The molecule has 1 aliphatic rings. The van der Waals surface area contributed by atoms with Gasteiger partial charge in [-0.25, -0.2) is 0 Å². The molecule has 0 aromatic heterocycles. The molecule has 1 radical (unpaired) electrons. The standard InChI is InChI=1S/C22H40N/c1-4-7-10-13-16-20-19-23-22(18-15-12-9-6-3)21(20)17-14-11-8-5-2/h19H,4-18H2,1-3H3. The smallest absolute Gasteiger partial charge is 0.0438 e. The number of allylic oxidation sites excluding steroid dienone is 3. The normalized spacial score (nSPS) is 14.3. The minimum atomic E-state index is 1.21. The highest BCUT2D eigenvalue weighted by molar-refractivity contribution is 5.40. The second-order valence-electron chi connectivity index (χ2n) is 7.14. The third-order valence-corrected chi connectivity index (χ3v) is 4.96. The maximum atomic E-state index is 4.81. The molecule has 1 heterocycles. The number of unbranched alkanes of at least 4 members (excludes halogenated alkanes) is 9. The fraction of sp³-hybridized carbons (Fsp3) is 0.818. The Kier molecular flexibility index (Phi) is 12.1. The average molecular weight is 319 g/mol. The predicted molar refractivity (Wildman–Crippen MR) is 104 cm³/mol. The van der Waals surface area contributed by atoms with Gasteiger partial charge in [-0.05, 0) is 49.7 Å². The molecular formula is C22H40N. The topological polar surface area (TPSA) is 14.1 Å². The zero-order valence-corrected chi connectivity index (χ0v) is 16.1. The van der Waals surface area contributed by atoms with E-state index < -0.39 is 0 Å². The van der Waals surface area contributed by atoms with Crippen LogP contribution in [0.3, 0.4) is 0 Å². The highest BCUT2D eigenvalue weighted by Gasteiger charge is 2.18. The van der Waals surface area contributed by atoms with Gasteiger partial charge in [0.15, 0.2) is 0 Å². The Balaban J connectivity index is 2.48. The average Bonchev–Trinajstić information content (AvgIpc) is 2.94. The van der Waals surface area contributed by atoms with Gasteiger partial charge < -0.3 is 0 Å². The fourth-order valence-electron chi connectivity index (χ4n) is 3.42. The Hall–Kier alpha value is -0.720. The monoisotopic (exact) mass is 318 g/mol. The van der Waals surface area contributed by atoms with E-state index in [-0.39, 0.29) is 0 Å². The maximum absolute atomic E-state index is 4.81. The summed E-state index contributed by atoms with van der Waals surface area (Å²) < 4.78 is 0. The molecule has 0 fully saturated rings. The quantitative estimate of drug-likeness (QED) is 0.275. The zero-order chi connectivity index (χ0) is 16.8. The number of rotatable bonds is 15. The van der Waals surface area contributed by atoms with Gasteiger partial charge in [-0.1, -0.05) is 78.6 Å². The van der Waals surface area contributed by atoms with Gasteiger partial charge in [0.05, 0.1) is 0 Å². The second kappa shape index (κ2) is 13.7. The molecule has 0 aromatic carbocycles. The lowest BCUT2D eigenvalue weighted by Gasteiger charge is -2.11. The highest BCUT2D eigenvalue weighted by Crippen LogP contribution is 2.32. The first-order valence-corrected chi connectivity index (χ1v) is 10.5. The van der Waals surface area contributed by atoms with Crippen LogP contribution < -0.4 is 5.32 Å². The molecule has 0 spiro atoms. The molecule has 0 saturated carbocycles. The minimum absolute atomic E-state index is 1.21. The van der Waals surface area contributed by atoms with E-state index in [2.05, 4.69) is 27.0 Å². The van der Waals surface area contributed by atoms with E-state index in [1.54, 1.807) is 11.1 Å². The lowest BCUT2D eigenvalue weighted by atomic mass is 9.94.